The molecule has 3 aliphatic heterocycles. The van der Waals surface area contributed by atoms with E-state index in [4.69, 9.17) is 0 Å². The molecule has 1 aromatic carbocycles. The van der Waals surface area contributed by atoms with E-state index in [2.05, 4.69) is 14.8 Å². The van der Waals surface area contributed by atoms with E-state index in [1.807, 2.05) is 13.1 Å². The highest BCUT2D eigenvalue weighted by molar-refractivity contribution is 6.39. The summed E-state index contributed by atoms with van der Waals surface area (Å²) in [6.07, 6.45) is 1.42. The van der Waals surface area contributed by atoms with Crippen molar-refractivity contribution in [1.82, 2.24) is 4.90 Å². The fourth-order valence-corrected chi connectivity index (χ4v) is 3.25. The lowest BCUT2D eigenvalue weighted by atomic mass is 9.87. The first-order valence-corrected chi connectivity index (χ1v) is 6.71. The van der Waals surface area contributed by atoms with E-state index in [9.17, 15) is 9.32 Å². The molecule has 1 saturated heterocycles. The molecule has 0 saturated carbocycles. The van der Waals surface area contributed by atoms with Crippen LogP contribution in [0.25, 0.3) is 0 Å². The number of aliphatic imine (C=N–C) groups is 1. The highest BCUT2D eigenvalue weighted by atomic mass is 19.3. The van der Waals surface area contributed by atoms with Crippen molar-refractivity contribution in [2.24, 2.45) is 4.99 Å². The smallest absolute Gasteiger partial charge is 0.260 e. The summed E-state index contributed by atoms with van der Waals surface area (Å²) < 4.78 is 12.6. The third kappa shape index (κ3) is 1.29. The minimum atomic E-state index is -0.658. The van der Waals surface area contributed by atoms with Gasteiger partial charge in [-0.25, -0.2) is 0 Å². The number of carbonyl (C=O) groups is 1. The summed E-state index contributed by atoms with van der Waals surface area (Å²) in [5.41, 5.74) is 0.646. The maximum absolute atomic E-state index is 12.7. The Balaban J connectivity index is 1.76. The number of nitrogens with zero attached hydrogens (tertiary/aromatic N) is 3. The van der Waals surface area contributed by atoms with Crippen molar-refractivity contribution in [3.8, 4) is 5.75 Å². The summed E-state index contributed by atoms with van der Waals surface area (Å²) in [6.45, 7) is 1.69. The van der Waals surface area contributed by atoms with Gasteiger partial charge in [0.1, 0.15) is 17.1 Å². The van der Waals surface area contributed by atoms with Crippen LogP contribution in [0.3, 0.4) is 0 Å². The van der Waals surface area contributed by atoms with Crippen molar-refractivity contribution >= 4 is 17.4 Å². The van der Waals surface area contributed by atoms with Gasteiger partial charge >= 0.3 is 0 Å². The Morgan fingerprint density at radius 1 is 1.35 bits per heavy atom. The zero-order valence-corrected chi connectivity index (χ0v) is 11.1. The molecule has 1 aromatic rings. The molecule has 0 aromatic heterocycles. The van der Waals surface area contributed by atoms with Gasteiger partial charge in [0.2, 0.25) is 0 Å². The van der Waals surface area contributed by atoms with Gasteiger partial charge in [0, 0.05) is 23.2 Å². The number of amidine groups is 1. The summed E-state index contributed by atoms with van der Waals surface area (Å²) in [7, 11) is 2.04. The van der Waals surface area contributed by atoms with Crippen LogP contribution < -0.4 is 9.84 Å². The SMILES string of the molecule is CN1CCC2(CC1)N=C1c3cccc(OF)c3N1C2=O. The van der Waals surface area contributed by atoms with Crippen LogP contribution in [-0.4, -0.2) is 42.3 Å². The molecule has 20 heavy (non-hydrogen) atoms. The highest BCUT2D eigenvalue weighted by Crippen LogP contribution is 2.48. The van der Waals surface area contributed by atoms with Gasteiger partial charge in [-0.3, -0.25) is 19.6 Å². The van der Waals surface area contributed by atoms with Crippen molar-refractivity contribution in [2.75, 3.05) is 25.0 Å². The Bertz CT molecular complexity index is 635. The van der Waals surface area contributed by atoms with Crippen LogP contribution >= 0.6 is 0 Å². The predicted octanol–water partition coefficient (Wildman–Crippen LogP) is 1.52. The van der Waals surface area contributed by atoms with Crippen molar-refractivity contribution < 1.29 is 14.3 Å². The lowest BCUT2D eigenvalue weighted by Gasteiger charge is -2.35. The van der Waals surface area contributed by atoms with E-state index < -0.39 is 5.54 Å². The number of piperidine rings is 1. The quantitative estimate of drug-likeness (QED) is 0.780. The third-order valence-corrected chi connectivity index (χ3v) is 4.49. The molecule has 0 unspecified atom stereocenters. The number of benzene rings is 1. The molecule has 1 fully saturated rings. The maximum Gasteiger partial charge on any atom is 0.260 e. The van der Waals surface area contributed by atoms with Gasteiger partial charge in [-0.1, -0.05) is 6.07 Å². The van der Waals surface area contributed by atoms with Crippen molar-refractivity contribution in [1.29, 1.82) is 0 Å². The molecule has 3 heterocycles. The molecular formula is C14H14FN3O2. The first-order valence-electron chi connectivity index (χ1n) is 6.71. The molecular weight excluding hydrogens is 261 g/mol. The van der Waals surface area contributed by atoms with Gasteiger partial charge in [0.15, 0.2) is 5.75 Å². The third-order valence-electron chi connectivity index (χ3n) is 4.49. The Morgan fingerprint density at radius 3 is 2.80 bits per heavy atom. The van der Waals surface area contributed by atoms with Crippen LogP contribution in [-0.2, 0) is 4.79 Å². The number of hydrogen-bond donors (Lipinski definition) is 0. The number of amides is 1. The number of anilines is 1. The maximum atomic E-state index is 12.7. The fraction of sp³-hybridized carbons (Fsp3) is 0.429. The number of para-hydroxylation sites is 1. The number of carbonyl (C=O) groups excluding carboxylic acids is 1. The van der Waals surface area contributed by atoms with Crippen LogP contribution in [0.15, 0.2) is 23.2 Å². The Morgan fingerprint density at radius 2 is 2.10 bits per heavy atom. The fourth-order valence-electron chi connectivity index (χ4n) is 3.25. The van der Waals surface area contributed by atoms with Gasteiger partial charge in [0.25, 0.3) is 5.91 Å². The largest absolute Gasteiger partial charge is 0.306 e. The van der Waals surface area contributed by atoms with E-state index in [0.717, 1.165) is 18.7 Å². The molecule has 3 aliphatic rings. The second kappa shape index (κ2) is 3.79. The van der Waals surface area contributed by atoms with Gasteiger partial charge in [-0.05, 0) is 32.0 Å². The molecule has 0 N–H and O–H groups in total. The average Bonchev–Trinajstić information content (AvgIpc) is 2.69. The van der Waals surface area contributed by atoms with Crippen LogP contribution in [0.2, 0.25) is 0 Å². The first-order chi connectivity index (χ1) is 9.66. The van der Waals surface area contributed by atoms with Gasteiger partial charge < -0.3 is 4.90 Å². The van der Waals surface area contributed by atoms with Crippen LogP contribution in [0.4, 0.5) is 10.2 Å². The minimum absolute atomic E-state index is 0.0439. The summed E-state index contributed by atoms with van der Waals surface area (Å²) in [5, 5.41) is 0. The van der Waals surface area contributed by atoms with E-state index >= 15 is 0 Å². The molecule has 1 spiro atoms. The van der Waals surface area contributed by atoms with Crippen LogP contribution in [0.1, 0.15) is 18.4 Å². The van der Waals surface area contributed by atoms with Crippen molar-refractivity contribution in [3.05, 3.63) is 23.8 Å². The van der Waals surface area contributed by atoms with Crippen molar-refractivity contribution in [2.45, 2.75) is 18.4 Å². The number of rotatable bonds is 1. The second-order valence-electron chi connectivity index (χ2n) is 5.64. The van der Waals surface area contributed by atoms with Crippen LogP contribution in [0.5, 0.6) is 5.75 Å². The number of hydrogen-bond acceptors (Lipinski definition) is 4. The standard InChI is InChI=1S/C14H14FN3O2/c1-17-7-5-14(6-8-17)13(19)18-11-9(12(18)16-14)3-2-4-10(11)20-15/h2-4H,5-8H2,1H3. The molecule has 104 valence electrons. The number of likely N-dealkylation sites (tertiary alicyclic amines) is 1. The summed E-state index contributed by atoms with van der Waals surface area (Å²) in [4.78, 5) is 24.9. The van der Waals surface area contributed by atoms with E-state index in [1.54, 1.807) is 6.07 Å². The second-order valence-corrected chi connectivity index (χ2v) is 5.64. The Labute approximate surface area is 115 Å². The van der Waals surface area contributed by atoms with E-state index in [0.29, 0.717) is 24.4 Å². The van der Waals surface area contributed by atoms with Gasteiger partial charge in [-0.15, -0.1) is 0 Å². The molecule has 4 rings (SSSR count). The van der Waals surface area contributed by atoms with Crippen LogP contribution in [0, 0.1) is 0 Å². The number of fused-ring (bicyclic) bond motifs is 4. The molecule has 0 radical (unpaired) electrons. The van der Waals surface area contributed by atoms with Crippen molar-refractivity contribution in [3.63, 3.8) is 0 Å². The highest BCUT2D eigenvalue weighted by Gasteiger charge is 2.55. The summed E-state index contributed by atoms with van der Waals surface area (Å²) in [5.74, 6) is 0.700. The zero-order chi connectivity index (χ0) is 13.9. The monoisotopic (exact) mass is 275 g/mol. The summed E-state index contributed by atoms with van der Waals surface area (Å²) >= 11 is 0. The molecule has 0 bridgehead atoms. The molecule has 1 amide bonds. The van der Waals surface area contributed by atoms with E-state index in [-0.39, 0.29) is 11.7 Å². The molecule has 0 aliphatic carbocycles. The minimum Gasteiger partial charge on any atom is -0.306 e. The lowest BCUT2D eigenvalue weighted by molar-refractivity contribution is -0.123. The molecule has 5 nitrogen and oxygen atoms in total. The Hall–Kier alpha value is -1.95. The lowest BCUT2D eigenvalue weighted by Crippen LogP contribution is -2.51. The predicted molar refractivity (Wildman–Crippen MR) is 71.7 cm³/mol. The van der Waals surface area contributed by atoms with Gasteiger partial charge in [0.05, 0.1) is 0 Å². The zero-order valence-electron chi connectivity index (χ0n) is 11.1. The number of halogens is 1. The first kappa shape index (κ1) is 11.8. The topological polar surface area (TPSA) is 45.1 Å². The Kier molecular flexibility index (Phi) is 2.24. The molecule has 6 heteroatoms. The molecule has 0 atom stereocenters. The normalized spacial score (nSPS) is 23.2. The average molecular weight is 275 g/mol. The van der Waals surface area contributed by atoms with Gasteiger partial charge in [-0.2, -0.15) is 0 Å². The van der Waals surface area contributed by atoms with E-state index in [1.165, 1.54) is 11.0 Å². The summed E-state index contributed by atoms with van der Waals surface area (Å²) in [6, 6.07) is 5.06.